The van der Waals surface area contributed by atoms with Crippen molar-refractivity contribution in [3.05, 3.63) is 164 Å². The number of nitrogens with two attached hydrogens (primary N) is 1. The van der Waals surface area contributed by atoms with Gasteiger partial charge in [-0.2, -0.15) is 5.10 Å². The maximum atomic E-state index is 15.3. The molecule has 4 amide bonds. The van der Waals surface area contributed by atoms with E-state index >= 15 is 4.79 Å². The van der Waals surface area contributed by atoms with Crippen LogP contribution in [0.25, 0.3) is 16.8 Å². The van der Waals surface area contributed by atoms with Crippen molar-refractivity contribution in [3.8, 4) is 16.9 Å². The second-order valence-corrected chi connectivity index (χ2v) is 25.6. The summed E-state index contributed by atoms with van der Waals surface area (Å²) in [5.74, 6) is 0.320. The zero-order valence-electron chi connectivity index (χ0n) is 52.9. The number of piperazine rings is 1. The first-order chi connectivity index (χ1) is 43.3. The van der Waals surface area contributed by atoms with Gasteiger partial charge in [0.1, 0.15) is 17.4 Å². The van der Waals surface area contributed by atoms with Crippen molar-refractivity contribution in [1.82, 2.24) is 39.7 Å². The zero-order valence-corrected chi connectivity index (χ0v) is 54.4. The first-order valence-electron chi connectivity index (χ1n) is 31.4. The molecule has 4 aromatic carbocycles. The van der Waals surface area contributed by atoms with Crippen LogP contribution in [0.1, 0.15) is 116 Å². The Morgan fingerprint density at radius 3 is 2.14 bits per heavy atom. The number of nitrogens with one attached hydrogen (secondary N) is 1. The van der Waals surface area contributed by atoms with Gasteiger partial charge in [-0.3, -0.25) is 24.1 Å². The molecule has 2 bridgehead atoms. The molecule has 6 aromatic rings. The van der Waals surface area contributed by atoms with Gasteiger partial charge >= 0.3 is 6.03 Å². The van der Waals surface area contributed by atoms with Crippen LogP contribution in [0.2, 0.25) is 10.0 Å². The van der Waals surface area contributed by atoms with Gasteiger partial charge < -0.3 is 49.4 Å². The lowest BCUT2D eigenvalue weighted by Crippen LogP contribution is -2.53. The van der Waals surface area contributed by atoms with Crippen LogP contribution >= 0.6 is 23.2 Å². The van der Waals surface area contributed by atoms with E-state index in [1.807, 2.05) is 82.9 Å². The lowest BCUT2D eigenvalue weighted by Gasteiger charge is -2.42. The molecule has 2 saturated heterocycles. The fourth-order valence-corrected chi connectivity index (χ4v) is 13.0. The maximum Gasteiger partial charge on any atom is 0.325 e. The van der Waals surface area contributed by atoms with Crippen molar-refractivity contribution in [2.45, 2.75) is 96.8 Å². The van der Waals surface area contributed by atoms with Gasteiger partial charge in [-0.1, -0.05) is 74.3 Å². The predicted octanol–water partition coefficient (Wildman–Crippen LogP) is 11.3. The summed E-state index contributed by atoms with van der Waals surface area (Å²) in [4.78, 5) is 56.8. The minimum absolute atomic E-state index is 0.0731. The van der Waals surface area contributed by atoms with E-state index in [9.17, 15) is 14.0 Å². The van der Waals surface area contributed by atoms with Gasteiger partial charge in [0.05, 0.1) is 102 Å². The highest BCUT2D eigenvalue weighted by Crippen LogP contribution is 2.54. The van der Waals surface area contributed by atoms with Crippen molar-refractivity contribution in [2.24, 2.45) is 0 Å². The predicted molar refractivity (Wildman–Crippen MR) is 350 cm³/mol. The molecule has 4 aliphatic heterocycles. The van der Waals surface area contributed by atoms with Gasteiger partial charge in [0.25, 0.3) is 5.91 Å². The zero-order chi connectivity index (χ0) is 63.7. The summed E-state index contributed by atoms with van der Waals surface area (Å²) < 4.78 is 46.1. The molecular weight excluding hydrogens is 1190 g/mol. The molecule has 0 spiro atoms. The van der Waals surface area contributed by atoms with Crippen LogP contribution in [-0.4, -0.2) is 165 Å². The van der Waals surface area contributed by atoms with E-state index in [0.29, 0.717) is 131 Å². The summed E-state index contributed by atoms with van der Waals surface area (Å²) in [5.41, 5.74) is 15.5. The first-order valence-corrected chi connectivity index (χ1v) is 32.1. The lowest BCUT2D eigenvalue weighted by atomic mass is 9.74. The van der Waals surface area contributed by atoms with Crippen LogP contribution in [0.5, 0.6) is 5.75 Å². The van der Waals surface area contributed by atoms with Crippen molar-refractivity contribution in [3.63, 3.8) is 0 Å². The number of urea groups is 1. The molecule has 21 heteroatoms. The summed E-state index contributed by atoms with van der Waals surface area (Å²) in [6.07, 6.45) is 5.74. The Morgan fingerprint density at radius 1 is 0.811 bits per heavy atom. The lowest BCUT2D eigenvalue weighted by molar-refractivity contribution is -0.122. The minimum Gasteiger partial charge on any atom is -0.493 e. The molecule has 10 rings (SSSR count). The normalized spacial score (nSPS) is 18.6. The Kier molecular flexibility index (Phi) is 21.5. The molecule has 90 heavy (non-hydrogen) atoms. The van der Waals surface area contributed by atoms with Crippen molar-refractivity contribution in [1.29, 1.82) is 0 Å². The van der Waals surface area contributed by atoms with E-state index in [1.165, 1.54) is 12.1 Å². The molecule has 2 aromatic heterocycles. The van der Waals surface area contributed by atoms with Gasteiger partial charge in [0, 0.05) is 109 Å². The monoisotopic (exact) mass is 1270 g/mol. The van der Waals surface area contributed by atoms with Crippen molar-refractivity contribution in [2.75, 3.05) is 123 Å². The molecule has 2 fully saturated rings. The molecule has 3 N–H and O–H groups in total. The Bertz CT molecular complexity index is 3520. The number of anilines is 2. The largest absolute Gasteiger partial charge is 0.493 e. The molecule has 0 aliphatic carbocycles. The highest BCUT2D eigenvalue weighted by molar-refractivity contribution is 6.30. The molecule has 0 unspecified atom stereocenters. The van der Waals surface area contributed by atoms with Crippen molar-refractivity contribution < 1.29 is 42.5 Å². The average molecular weight is 1270 g/mol. The number of nitrogens with zero attached hydrogens (tertiary/aromatic N) is 8. The number of ether oxygens (including phenoxy) is 5. The van der Waals surface area contributed by atoms with Crippen LogP contribution in [-0.2, 0) is 47.7 Å². The van der Waals surface area contributed by atoms with E-state index in [-0.39, 0.29) is 48.9 Å². The number of carbonyl (C=O) groups is 3. The van der Waals surface area contributed by atoms with Gasteiger partial charge in [0.2, 0.25) is 5.91 Å². The summed E-state index contributed by atoms with van der Waals surface area (Å²) >= 11 is 12.9. The second-order valence-electron chi connectivity index (χ2n) is 24.7. The van der Waals surface area contributed by atoms with Gasteiger partial charge in [-0.25, -0.2) is 14.2 Å². The summed E-state index contributed by atoms with van der Waals surface area (Å²) in [7, 11) is 1.73. The Balaban J connectivity index is 0.626. The third kappa shape index (κ3) is 15.1. The number of rotatable bonds is 23. The highest BCUT2D eigenvalue weighted by Gasteiger charge is 2.50. The van der Waals surface area contributed by atoms with Crippen LogP contribution in [0.15, 0.2) is 103 Å². The number of hydrogen-bond donors (Lipinski definition) is 2. The number of benzene rings is 4. The minimum atomic E-state index is -0.658. The number of fused-ring (bicyclic) bond motifs is 8. The van der Waals surface area contributed by atoms with Gasteiger partial charge in [0.15, 0.2) is 0 Å². The standard InChI is InChI=1S/C69H85Cl2FN10O8/c1-8-90-61-41-50(68(3,4)5)15-21-55(61)60-43-69(6,49-13-18-52(71)19-14-49)64(47-11-16-51(70)17-12-47)82(60)67(85)79-29-27-78(28-30-79)31-33-87-35-37-89-39-38-88-36-34-86-32-23-62(83)74-24-26-81-46(2)63-48-40-59(65(73)75-44-48)80-25-9-10-58(80)56-42-53(72)20-22-54(56)66(84)77(7)45-57(63)76-81/h11-22,40-44,58,64H,8-10,23-39,45H2,1-7H3,(H2,73,75)(H,74,83)/t58-,64-,69+/m1/s1. The number of carbonyl (C=O) groups excluding carboxylic acids is 3. The fourth-order valence-electron chi connectivity index (χ4n) is 12.8. The summed E-state index contributed by atoms with van der Waals surface area (Å²) in [6, 6.07) is 27.7. The van der Waals surface area contributed by atoms with E-state index in [2.05, 4.69) is 72.1 Å². The van der Waals surface area contributed by atoms with Crippen LogP contribution in [0.4, 0.5) is 20.7 Å². The van der Waals surface area contributed by atoms with E-state index in [1.54, 1.807) is 24.2 Å². The Morgan fingerprint density at radius 2 is 1.47 bits per heavy atom. The molecule has 6 heterocycles. The number of aromatic nitrogens is 3. The highest BCUT2D eigenvalue weighted by atomic mass is 35.5. The third-order valence-corrected chi connectivity index (χ3v) is 18.1. The van der Waals surface area contributed by atoms with E-state index in [4.69, 9.17) is 57.7 Å². The van der Waals surface area contributed by atoms with Crippen LogP contribution in [0, 0.1) is 12.7 Å². The fraction of sp³-hybridized carbons (Fsp3) is 0.464. The number of pyridine rings is 1. The van der Waals surface area contributed by atoms with Crippen molar-refractivity contribution >= 4 is 58.2 Å². The smallest absolute Gasteiger partial charge is 0.325 e. The van der Waals surface area contributed by atoms with Crippen LogP contribution < -0.4 is 20.7 Å². The molecule has 3 atom stereocenters. The maximum absolute atomic E-state index is 15.3. The second kappa shape index (κ2) is 29.5. The first kappa shape index (κ1) is 65.8. The molecule has 480 valence electrons. The Hall–Kier alpha value is -7.10. The number of halogens is 3. The average Bonchev–Trinajstić information content (AvgIpc) is 1.57. The number of nitrogen functional groups attached to an aromatic ring is 1. The quantitative estimate of drug-likeness (QED) is 0.0579. The SMILES string of the molecule is CCOc1cc(C(C)(C)C)ccc1C1=C[C@@](C)(c2ccc(Cl)cc2)[C@@H](c2ccc(Cl)cc2)N1C(=O)N1CCN(CCOCCOCCOCCOCCC(=O)NCCn2nc3c(c2C)-c2cnc(N)c(c2)N2CCC[C@@H]2c2cc(F)ccc2C(=O)N(C)C3)CC1. The number of amides is 4. The van der Waals surface area contributed by atoms with E-state index < -0.39 is 17.3 Å². The number of hydrogen-bond acceptors (Lipinski definition) is 13. The molecule has 0 radical (unpaired) electrons. The van der Waals surface area contributed by atoms with Crippen LogP contribution in [0.3, 0.4) is 0 Å². The molecule has 0 saturated carbocycles. The van der Waals surface area contributed by atoms with E-state index in [0.717, 1.165) is 75.6 Å². The Labute approximate surface area is 538 Å². The third-order valence-electron chi connectivity index (χ3n) is 17.6. The molecule has 18 nitrogen and oxygen atoms in total. The van der Waals surface area contributed by atoms with Gasteiger partial charge in [-0.05, 0) is 128 Å². The molecule has 4 aliphatic rings. The summed E-state index contributed by atoms with van der Waals surface area (Å²) in [6.45, 7) is 21.2. The van der Waals surface area contributed by atoms with Gasteiger partial charge in [-0.15, -0.1) is 0 Å². The summed E-state index contributed by atoms with van der Waals surface area (Å²) in [5, 5.41) is 9.18. The molecular formula is C69H85Cl2FN10O8. The topological polar surface area (TPSA) is 182 Å².